The topological polar surface area (TPSA) is 69.3 Å². The molecule has 41 heavy (non-hydrogen) atoms. The maximum atomic E-state index is 14.3. The van der Waals surface area contributed by atoms with Gasteiger partial charge in [-0.3, -0.25) is 9.48 Å². The van der Waals surface area contributed by atoms with E-state index >= 15 is 0 Å². The van der Waals surface area contributed by atoms with E-state index in [-0.39, 0.29) is 24.3 Å². The second-order valence-corrected chi connectivity index (χ2v) is 10.8. The lowest BCUT2D eigenvalue weighted by atomic mass is 9.78. The summed E-state index contributed by atoms with van der Waals surface area (Å²) in [6, 6.07) is 26.2. The van der Waals surface area contributed by atoms with Gasteiger partial charge in [0.25, 0.3) is 5.91 Å². The van der Waals surface area contributed by atoms with Gasteiger partial charge in [-0.25, -0.2) is 4.39 Å². The molecule has 0 radical (unpaired) electrons. The van der Waals surface area contributed by atoms with Crippen LogP contribution in [0.15, 0.2) is 89.3 Å². The molecule has 0 aliphatic carbocycles. The molecule has 0 bridgehead atoms. The molecule has 0 saturated carbocycles. The minimum Gasteiger partial charge on any atom is -0.486 e. The van der Waals surface area contributed by atoms with Crippen LogP contribution in [0, 0.1) is 19.7 Å². The summed E-state index contributed by atoms with van der Waals surface area (Å²) in [7, 11) is 0. The number of halogens is 2. The smallest absolute Gasteiger partial charge is 0.291 e. The Bertz CT molecular complexity index is 1650. The second-order valence-electron chi connectivity index (χ2n) is 10.4. The van der Waals surface area contributed by atoms with Crippen LogP contribution in [0.25, 0.3) is 0 Å². The highest BCUT2D eigenvalue weighted by Gasteiger charge is 2.23. The van der Waals surface area contributed by atoms with Crippen molar-refractivity contribution in [3.63, 3.8) is 0 Å². The number of nitrogens with one attached hydrogen (secondary N) is 1. The van der Waals surface area contributed by atoms with E-state index < -0.39 is 11.7 Å². The van der Waals surface area contributed by atoms with E-state index in [0.717, 1.165) is 0 Å². The lowest BCUT2D eigenvalue weighted by molar-refractivity contribution is 0.0992. The fourth-order valence-electron chi connectivity index (χ4n) is 4.76. The standard InChI is InChI=1S/C33H31ClFN3O3/c1-21-31(22(2)38(37-21)19-27-28(34)11-8-12-29(27)35)36-32(39)30-18-17-26(41-30)20-40-25-15-13-24(14-16-25)33(3,4)23-9-6-5-7-10-23/h5-18H,19-20H2,1-4H3,(H,36,39). The monoisotopic (exact) mass is 571 g/mol. The van der Waals surface area contributed by atoms with E-state index in [1.165, 1.54) is 17.2 Å². The first kappa shape index (κ1) is 28.2. The Labute approximate surface area is 243 Å². The fourth-order valence-corrected chi connectivity index (χ4v) is 4.98. The summed E-state index contributed by atoms with van der Waals surface area (Å²) in [4.78, 5) is 13.0. The van der Waals surface area contributed by atoms with Crippen LogP contribution in [-0.2, 0) is 18.6 Å². The van der Waals surface area contributed by atoms with Crippen LogP contribution in [0.4, 0.5) is 10.1 Å². The lowest BCUT2D eigenvalue weighted by Gasteiger charge is -2.26. The summed E-state index contributed by atoms with van der Waals surface area (Å²) in [5, 5.41) is 7.65. The van der Waals surface area contributed by atoms with Crippen molar-refractivity contribution >= 4 is 23.2 Å². The number of benzene rings is 3. The van der Waals surface area contributed by atoms with Crippen molar-refractivity contribution in [3.8, 4) is 5.75 Å². The predicted octanol–water partition coefficient (Wildman–Crippen LogP) is 8.09. The van der Waals surface area contributed by atoms with Gasteiger partial charge in [-0.1, -0.05) is 74.0 Å². The lowest BCUT2D eigenvalue weighted by Crippen LogP contribution is -2.18. The minimum absolute atomic E-state index is 0.138. The number of ether oxygens (including phenoxy) is 1. The molecule has 5 aromatic rings. The number of hydrogen-bond acceptors (Lipinski definition) is 4. The molecular weight excluding hydrogens is 541 g/mol. The summed E-state index contributed by atoms with van der Waals surface area (Å²) in [6.45, 7) is 8.28. The first-order valence-electron chi connectivity index (χ1n) is 13.3. The molecule has 2 heterocycles. The Morgan fingerprint density at radius 2 is 1.68 bits per heavy atom. The highest BCUT2D eigenvalue weighted by molar-refractivity contribution is 6.31. The molecule has 0 spiro atoms. The van der Waals surface area contributed by atoms with E-state index in [2.05, 4.69) is 48.5 Å². The summed E-state index contributed by atoms with van der Waals surface area (Å²) in [6.07, 6.45) is 0. The Morgan fingerprint density at radius 1 is 0.976 bits per heavy atom. The van der Waals surface area contributed by atoms with Crippen LogP contribution in [0.5, 0.6) is 5.75 Å². The van der Waals surface area contributed by atoms with Gasteiger partial charge in [0, 0.05) is 16.0 Å². The Hall–Kier alpha value is -4.36. The molecular formula is C33H31ClFN3O3. The number of aryl methyl sites for hydroxylation is 1. The molecule has 0 saturated heterocycles. The molecule has 210 valence electrons. The molecule has 5 rings (SSSR count). The highest BCUT2D eigenvalue weighted by atomic mass is 35.5. The molecule has 8 heteroatoms. The van der Waals surface area contributed by atoms with E-state index in [4.69, 9.17) is 20.8 Å². The number of carbonyl (C=O) groups is 1. The zero-order valence-corrected chi connectivity index (χ0v) is 24.1. The summed E-state index contributed by atoms with van der Waals surface area (Å²) in [5.41, 5.74) is 4.42. The van der Waals surface area contributed by atoms with Crippen LogP contribution >= 0.6 is 11.6 Å². The van der Waals surface area contributed by atoms with E-state index in [1.54, 1.807) is 42.8 Å². The van der Waals surface area contributed by atoms with Crippen molar-refractivity contribution in [3.05, 3.63) is 135 Å². The maximum Gasteiger partial charge on any atom is 0.291 e. The Morgan fingerprint density at radius 3 is 2.39 bits per heavy atom. The molecule has 1 amide bonds. The largest absolute Gasteiger partial charge is 0.486 e. The van der Waals surface area contributed by atoms with Gasteiger partial charge in [0.05, 0.1) is 23.6 Å². The van der Waals surface area contributed by atoms with Crippen molar-refractivity contribution in [2.75, 3.05) is 5.32 Å². The molecule has 0 aliphatic rings. The second kappa shape index (κ2) is 11.6. The summed E-state index contributed by atoms with van der Waals surface area (Å²) < 4.78 is 27.6. The maximum absolute atomic E-state index is 14.3. The number of rotatable bonds is 9. The SMILES string of the molecule is Cc1nn(Cc2c(F)cccc2Cl)c(C)c1NC(=O)c1ccc(COc2ccc(C(C)(C)c3ccccc3)cc2)o1. The van der Waals surface area contributed by atoms with Crippen molar-refractivity contribution < 1.29 is 18.3 Å². The van der Waals surface area contributed by atoms with Crippen LogP contribution < -0.4 is 10.1 Å². The van der Waals surface area contributed by atoms with Crippen LogP contribution in [0.2, 0.25) is 5.02 Å². The summed E-state index contributed by atoms with van der Waals surface area (Å²) >= 11 is 6.18. The van der Waals surface area contributed by atoms with Gasteiger partial charge in [0.15, 0.2) is 5.76 Å². The average Bonchev–Trinajstić information content (AvgIpc) is 3.55. The van der Waals surface area contributed by atoms with E-state index in [1.807, 2.05) is 30.3 Å². The number of hydrogen-bond donors (Lipinski definition) is 1. The van der Waals surface area contributed by atoms with Crippen molar-refractivity contribution in [2.45, 2.75) is 46.3 Å². The molecule has 0 unspecified atom stereocenters. The quantitative estimate of drug-likeness (QED) is 0.194. The van der Waals surface area contributed by atoms with Gasteiger partial charge in [-0.2, -0.15) is 5.10 Å². The van der Waals surface area contributed by atoms with Gasteiger partial charge in [0.1, 0.15) is 23.9 Å². The van der Waals surface area contributed by atoms with Gasteiger partial charge < -0.3 is 14.5 Å². The molecule has 0 fully saturated rings. The van der Waals surface area contributed by atoms with Crippen molar-refractivity contribution in [2.24, 2.45) is 0 Å². The Kier molecular flexibility index (Phi) is 7.99. The van der Waals surface area contributed by atoms with Crippen LogP contribution in [0.3, 0.4) is 0 Å². The molecule has 3 aromatic carbocycles. The van der Waals surface area contributed by atoms with Gasteiger partial charge in [-0.05, 0) is 61.4 Å². The molecule has 2 aromatic heterocycles. The van der Waals surface area contributed by atoms with E-state index in [9.17, 15) is 9.18 Å². The van der Waals surface area contributed by atoms with Gasteiger partial charge >= 0.3 is 0 Å². The first-order chi connectivity index (χ1) is 19.6. The van der Waals surface area contributed by atoms with Crippen molar-refractivity contribution in [1.82, 2.24) is 9.78 Å². The number of amides is 1. The van der Waals surface area contributed by atoms with E-state index in [0.29, 0.717) is 39.2 Å². The number of carbonyl (C=O) groups excluding carboxylic acids is 1. The Balaban J connectivity index is 1.21. The van der Waals surface area contributed by atoms with Crippen LogP contribution in [0.1, 0.15) is 58.2 Å². The molecule has 0 aliphatic heterocycles. The third-order valence-corrected chi connectivity index (χ3v) is 7.68. The number of aromatic nitrogens is 2. The number of nitrogens with zero attached hydrogens (tertiary/aromatic N) is 2. The number of anilines is 1. The third-order valence-electron chi connectivity index (χ3n) is 7.33. The third kappa shape index (κ3) is 6.05. The zero-order chi connectivity index (χ0) is 29.1. The zero-order valence-electron chi connectivity index (χ0n) is 23.4. The normalized spacial score (nSPS) is 11.5. The molecule has 6 nitrogen and oxygen atoms in total. The fraction of sp³-hybridized carbons (Fsp3) is 0.212. The predicted molar refractivity (Wildman–Crippen MR) is 158 cm³/mol. The summed E-state index contributed by atoms with van der Waals surface area (Å²) in [5.74, 6) is 0.537. The molecule has 1 N–H and O–H groups in total. The van der Waals surface area contributed by atoms with Gasteiger partial charge in [-0.15, -0.1) is 0 Å². The van der Waals surface area contributed by atoms with Crippen LogP contribution in [-0.4, -0.2) is 15.7 Å². The molecule has 0 atom stereocenters. The number of furan rings is 1. The van der Waals surface area contributed by atoms with Gasteiger partial charge in [0.2, 0.25) is 0 Å². The average molecular weight is 572 g/mol. The minimum atomic E-state index is -0.418. The highest BCUT2D eigenvalue weighted by Crippen LogP contribution is 2.32. The first-order valence-corrected chi connectivity index (χ1v) is 13.7. The van der Waals surface area contributed by atoms with Crippen molar-refractivity contribution in [1.29, 1.82) is 0 Å².